The van der Waals surface area contributed by atoms with Crippen LogP contribution in [0.2, 0.25) is 0 Å². The molecule has 0 radical (unpaired) electrons. The zero-order valence-electron chi connectivity index (χ0n) is 9.17. The Morgan fingerprint density at radius 2 is 1.59 bits per heavy atom. The van der Waals surface area contributed by atoms with E-state index in [1.165, 1.54) is 6.20 Å². The van der Waals surface area contributed by atoms with Gasteiger partial charge < -0.3 is 5.73 Å². The predicted octanol–water partition coefficient (Wildman–Crippen LogP) is 1.84. The SMILES string of the molecule is N=C(/C(=C\N)c1ccccn1)c1ccccn1. The van der Waals surface area contributed by atoms with E-state index < -0.39 is 0 Å². The third kappa shape index (κ3) is 2.36. The van der Waals surface area contributed by atoms with Gasteiger partial charge in [-0.05, 0) is 24.3 Å². The summed E-state index contributed by atoms with van der Waals surface area (Å²) >= 11 is 0. The molecule has 4 heteroatoms. The fraction of sp³-hybridized carbons (Fsp3) is 0. The second-order valence-corrected chi connectivity index (χ2v) is 3.39. The maximum absolute atomic E-state index is 8.07. The lowest BCUT2D eigenvalue weighted by Gasteiger charge is -2.07. The molecule has 0 saturated heterocycles. The van der Waals surface area contributed by atoms with Gasteiger partial charge in [-0.15, -0.1) is 0 Å². The van der Waals surface area contributed by atoms with E-state index in [1.54, 1.807) is 18.5 Å². The first kappa shape index (κ1) is 11.0. The summed E-state index contributed by atoms with van der Waals surface area (Å²) in [5, 5.41) is 8.07. The second kappa shape index (κ2) is 5.03. The molecule has 0 spiro atoms. The van der Waals surface area contributed by atoms with E-state index in [2.05, 4.69) is 9.97 Å². The van der Waals surface area contributed by atoms with E-state index in [9.17, 15) is 0 Å². The summed E-state index contributed by atoms with van der Waals surface area (Å²) in [6, 6.07) is 10.9. The predicted molar refractivity (Wildman–Crippen MR) is 67.5 cm³/mol. The molecular formula is C13H12N4. The Morgan fingerprint density at radius 1 is 1.00 bits per heavy atom. The number of nitrogens with two attached hydrogens (primary N) is 1. The van der Waals surface area contributed by atoms with Crippen molar-refractivity contribution in [3.05, 3.63) is 66.4 Å². The Labute approximate surface area is 99.4 Å². The molecule has 2 rings (SSSR count). The van der Waals surface area contributed by atoms with Crippen LogP contribution in [-0.2, 0) is 0 Å². The molecule has 0 fully saturated rings. The first-order valence-electron chi connectivity index (χ1n) is 5.16. The Hall–Kier alpha value is -2.49. The van der Waals surface area contributed by atoms with Crippen molar-refractivity contribution in [3.8, 4) is 0 Å². The van der Waals surface area contributed by atoms with Crippen molar-refractivity contribution < 1.29 is 0 Å². The number of aromatic nitrogens is 2. The summed E-state index contributed by atoms with van der Waals surface area (Å²) < 4.78 is 0. The summed E-state index contributed by atoms with van der Waals surface area (Å²) in [6.07, 6.45) is 4.71. The maximum atomic E-state index is 8.07. The summed E-state index contributed by atoms with van der Waals surface area (Å²) in [6.45, 7) is 0. The highest BCUT2D eigenvalue weighted by molar-refractivity contribution is 6.29. The van der Waals surface area contributed by atoms with Crippen LogP contribution in [0.1, 0.15) is 11.4 Å². The lowest BCUT2D eigenvalue weighted by atomic mass is 10.0. The molecule has 0 aromatic carbocycles. The highest BCUT2D eigenvalue weighted by Gasteiger charge is 2.11. The third-order valence-corrected chi connectivity index (χ3v) is 2.30. The average molecular weight is 224 g/mol. The Balaban J connectivity index is 2.37. The van der Waals surface area contributed by atoms with Gasteiger partial charge in [0.15, 0.2) is 0 Å². The molecule has 2 heterocycles. The summed E-state index contributed by atoms with van der Waals surface area (Å²) in [4.78, 5) is 8.30. The van der Waals surface area contributed by atoms with E-state index in [4.69, 9.17) is 11.1 Å². The van der Waals surface area contributed by atoms with Crippen LogP contribution in [0.5, 0.6) is 0 Å². The van der Waals surface area contributed by atoms with Gasteiger partial charge in [-0.1, -0.05) is 12.1 Å². The van der Waals surface area contributed by atoms with Crippen LogP contribution in [0, 0.1) is 5.41 Å². The Kier molecular flexibility index (Phi) is 3.25. The Bertz CT molecular complexity index is 532. The maximum Gasteiger partial charge on any atom is 0.0904 e. The molecule has 17 heavy (non-hydrogen) atoms. The van der Waals surface area contributed by atoms with E-state index >= 15 is 0 Å². The van der Waals surface area contributed by atoms with Crippen molar-refractivity contribution in [3.63, 3.8) is 0 Å². The van der Waals surface area contributed by atoms with Crippen molar-refractivity contribution in [2.45, 2.75) is 0 Å². The van der Waals surface area contributed by atoms with Gasteiger partial charge >= 0.3 is 0 Å². The molecule has 4 nitrogen and oxygen atoms in total. The van der Waals surface area contributed by atoms with Crippen LogP contribution in [-0.4, -0.2) is 15.7 Å². The van der Waals surface area contributed by atoms with Gasteiger partial charge in [0.1, 0.15) is 0 Å². The molecule has 0 amide bonds. The summed E-state index contributed by atoms with van der Waals surface area (Å²) in [5.41, 5.74) is 7.67. The van der Waals surface area contributed by atoms with Crippen molar-refractivity contribution >= 4 is 11.3 Å². The fourth-order valence-corrected chi connectivity index (χ4v) is 1.47. The molecule has 0 bridgehead atoms. The lowest BCUT2D eigenvalue weighted by Crippen LogP contribution is -2.07. The van der Waals surface area contributed by atoms with Crippen molar-refractivity contribution in [2.24, 2.45) is 5.73 Å². The molecule has 84 valence electrons. The molecule has 0 atom stereocenters. The van der Waals surface area contributed by atoms with Gasteiger partial charge in [0.05, 0.1) is 17.1 Å². The third-order valence-electron chi connectivity index (χ3n) is 2.30. The van der Waals surface area contributed by atoms with Gasteiger partial charge in [-0.3, -0.25) is 15.4 Å². The van der Waals surface area contributed by atoms with Gasteiger partial charge in [0.2, 0.25) is 0 Å². The largest absolute Gasteiger partial charge is 0.404 e. The molecule has 0 aliphatic heterocycles. The number of pyridine rings is 2. The van der Waals surface area contributed by atoms with Crippen molar-refractivity contribution in [2.75, 3.05) is 0 Å². The number of rotatable bonds is 3. The van der Waals surface area contributed by atoms with Crippen LogP contribution in [0.15, 0.2) is 55.0 Å². The number of nitrogens with zero attached hydrogens (tertiary/aromatic N) is 2. The highest BCUT2D eigenvalue weighted by atomic mass is 14.7. The monoisotopic (exact) mass is 224 g/mol. The molecule has 2 aromatic rings. The lowest BCUT2D eigenvalue weighted by molar-refractivity contribution is 1.25. The van der Waals surface area contributed by atoms with Gasteiger partial charge in [0.25, 0.3) is 0 Å². The molecule has 2 aromatic heterocycles. The molecule has 0 unspecified atom stereocenters. The molecular weight excluding hydrogens is 212 g/mol. The van der Waals surface area contributed by atoms with E-state index in [1.807, 2.05) is 30.3 Å². The number of hydrogen-bond acceptors (Lipinski definition) is 4. The number of nitrogens with one attached hydrogen (secondary N) is 1. The first-order valence-corrected chi connectivity index (χ1v) is 5.16. The number of allylic oxidation sites excluding steroid dienone is 1. The quantitative estimate of drug-likeness (QED) is 0.781. The topological polar surface area (TPSA) is 75.7 Å². The molecule has 3 N–H and O–H groups in total. The normalized spacial score (nSPS) is 11.2. The minimum Gasteiger partial charge on any atom is -0.404 e. The highest BCUT2D eigenvalue weighted by Crippen LogP contribution is 2.15. The van der Waals surface area contributed by atoms with Crippen LogP contribution in [0.25, 0.3) is 5.57 Å². The van der Waals surface area contributed by atoms with Crippen LogP contribution >= 0.6 is 0 Å². The molecule has 0 aliphatic rings. The minimum absolute atomic E-state index is 0.270. The fourth-order valence-electron chi connectivity index (χ4n) is 1.47. The number of hydrogen-bond donors (Lipinski definition) is 2. The zero-order valence-corrected chi connectivity index (χ0v) is 9.17. The van der Waals surface area contributed by atoms with Crippen LogP contribution < -0.4 is 5.73 Å². The van der Waals surface area contributed by atoms with Crippen molar-refractivity contribution in [1.82, 2.24) is 9.97 Å². The summed E-state index contributed by atoms with van der Waals surface area (Å²) in [7, 11) is 0. The smallest absolute Gasteiger partial charge is 0.0904 e. The average Bonchev–Trinajstić information content (AvgIpc) is 2.42. The Morgan fingerprint density at radius 3 is 2.06 bits per heavy atom. The van der Waals surface area contributed by atoms with Gasteiger partial charge in [0, 0.05) is 24.2 Å². The van der Waals surface area contributed by atoms with E-state index in [-0.39, 0.29) is 5.71 Å². The van der Waals surface area contributed by atoms with E-state index in [0.717, 1.165) is 0 Å². The van der Waals surface area contributed by atoms with Crippen LogP contribution in [0.3, 0.4) is 0 Å². The van der Waals surface area contributed by atoms with Crippen molar-refractivity contribution in [1.29, 1.82) is 5.41 Å². The van der Waals surface area contributed by atoms with E-state index in [0.29, 0.717) is 17.0 Å². The second-order valence-electron chi connectivity index (χ2n) is 3.39. The van der Waals surface area contributed by atoms with Crippen LogP contribution in [0.4, 0.5) is 0 Å². The summed E-state index contributed by atoms with van der Waals surface area (Å²) in [5.74, 6) is 0. The van der Waals surface area contributed by atoms with Gasteiger partial charge in [-0.2, -0.15) is 0 Å². The molecule has 0 aliphatic carbocycles. The minimum atomic E-state index is 0.270. The van der Waals surface area contributed by atoms with Gasteiger partial charge in [-0.25, -0.2) is 0 Å². The first-order chi connectivity index (χ1) is 8.33. The molecule has 0 saturated carbocycles. The standard InChI is InChI=1S/C13H12N4/c14-9-10(11-5-1-3-7-16-11)13(15)12-6-2-4-8-17-12/h1-9,15H,14H2/b10-9-,15-13?. The zero-order chi connectivity index (χ0) is 12.1.